The molecular formula is C14H17NO4. The summed E-state index contributed by atoms with van der Waals surface area (Å²) in [4.78, 5) is 11.3. The minimum atomic E-state index is -0.938. The lowest BCUT2D eigenvalue weighted by molar-refractivity contribution is 0.0699. The molecule has 0 aliphatic carbocycles. The predicted octanol–water partition coefficient (Wildman–Crippen LogP) is 2.77. The van der Waals surface area contributed by atoms with Gasteiger partial charge >= 0.3 is 5.97 Å². The SMILES string of the molecule is CCCn1cc(C(=O)O)c2cc(OC)c(OC)cc21. The number of carboxylic acids is 1. The average molecular weight is 263 g/mol. The first-order valence-corrected chi connectivity index (χ1v) is 6.10. The number of rotatable bonds is 5. The number of benzene rings is 1. The second-order valence-corrected chi connectivity index (χ2v) is 4.27. The standard InChI is InChI=1S/C14H17NO4/c1-4-5-15-8-10(14(16)17)9-6-12(18-2)13(19-3)7-11(9)15/h6-8H,4-5H2,1-3H3,(H,16,17). The van der Waals surface area contributed by atoms with Gasteiger partial charge in [-0.15, -0.1) is 0 Å². The Kier molecular flexibility index (Phi) is 3.64. The Hall–Kier alpha value is -2.17. The molecule has 0 spiro atoms. The summed E-state index contributed by atoms with van der Waals surface area (Å²) in [7, 11) is 3.10. The maximum Gasteiger partial charge on any atom is 0.337 e. The summed E-state index contributed by atoms with van der Waals surface area (Å²) in [6.07, 6.45) is 2.59. The molecule has 0 atom stereocenters. The maximum absolute atomic E-state index is 11.3. The zero-order valence-corrected chi connectivity index (χ0v) is 11.3. The van der Waals surface area contributed by atoms with Crippen molar-refractivity contribution in [3.8, 4) is 11.5 Å². The molecule has 102 valence electrons. The molecule has 0 amide bonds. The fraction of sp³-hybridized carbons (Fsp3) is 0.357. The number of aryl methyl sites for hydroxylation is 1. The first-order chi connectivity index (χ1) is 9.12. The molecule has 0 aliphatic heterocycles. The third-order valence-corrected chi connectivity index (χ3v) is 3.08. The fourth-order valence-electron chi connectivity index (χ4n) is 2.21. The molecule has 0 radical (unpaired) electrons. The Morgan fingerprint density at radius 2 is 1.89 bits per heavy atom. The van der Waals surface area contributed by atoms with Gasteiger partial charge in [0.05, 0.1) is 25.3 Å². The summed E-state index contributed by atoms with van der Waals surface area (Å²) >= 11 is 0. The molecule has 0 saturated heterocycles. The number of nitrogens with zero attached hydrogens (tertiary/aromatic N) is 1. The van der Waals surface area contributed by atoms with E-state index in [4.69, 9.17) is 9.47 Å². The van der Waals surface area contributed by atoms with Gasteiger partial charge in [-0.3, -0.25) is 0 Å². The highest BCUT2D eigenvalue weighted by molar-refractivity contribution is 6.04. The number of hydrogen-bond donors (Lipinski definition) is 1. The van der Waals surface area contributed by atoms with Crippen LogP contribution in [-0.2, 0) is 6.54 Å². The zero-order chi connectivity index (χ0) is 14.0. The summed E-state index contributed by atoms with van der Waals surface area (Å²) in [5, 5.41) is 9.93. The van der Waals surface area contributed by atoms with Gasteiger partial charge in [-0.05, 0) is 12.5 Å². The van der Waals surface area contributed by atoms with Crippen molar-refractivity contribution in [2.45, 2.75) is 19.9 Å². The molecule has 0 aliphatic rings. The number of carbonyl (C=O) groups is 1. The van der Waals surface area contributed by atoms with Crippen LogP contribution in [-0.4, -0.2) is 29.9 Å². The number of aromatic carboxylic acids is 1. The van der Waals surface area contributed by atoms with Gasteiger partial charge in [-0.2, -0.15) is 0 Å². The van der Waals surface area contributed by atoms with Crippen LogP contribution in [0.25, 0.3) is 10.9 Å². The van der Waals surface area contributed by atoms with Crippen molar-refractivity contribution in [1.82, 2.24) is 4.57 Å². The number of methoxy groups -OCH3 is 2. The number of carboxylic acid groups (broad SMARTS) is 1. The third kappa shape index (κ3) is 2.23. The Labute approximate surface area is 111 Å². The van der Waals surface area contributed by atoms with Gasteiger partial charge in [0.1, 0.15) is 0 Å². The second kappa shape index (κ2) is 5.22. The summed E-state index contributed by atoms with van der Waals surface area (Å²) < 4.78 is 12.4. The monoisotopic (exact) mass is 263 g/mol. The molecule has 19 heavy (non-hydrogen) atoms. The van der Waals surface area contributed by atoms with Crippen molar-refractivity contribution in [2.75, 3.05) is 14.2 Å². The van der Waals surface area contributed by atoms with Crippen LogP contribution in [0.1, 0.15) is 23.7 Å². The van der Waals surface area contributed by atoms with Gasteiger partial charge in [0.15, 0.2) is 11.5 Å². The van der Waals surface area contributed by atoms with E-state index in [9.17, 15) is 9.90 Å². The maximum atomic E-state index is 11.3. The van der Waals surface area contributed by atoms with Gasteiger partial charge in [0.25, 0.3) is 0 Å². The summed E-state index contributed by atoms with van der Waals surface area (Å²) in [5.74, 6) is 0.196. The minimum absolute atomic E-state index is 0.282. The molecule has 0 unspecified atom stereocenters. The summed E-state index contributed by atoms with van der Waals surface area (Å²) in [5.41, 5.74) is 1.13. The molecule has 5 heteroatoms. The Morgan fingerprint density at radius 3 is 2.42 bits per heavy atom. The number of fused-ring (bicyclic) bond motifs is 1. The van der Waals surface area contributed by atoms with Crippen LogP contribution >= 0.6 is 0 Å². The first kappa shape index (κ1) is 13.3. The van der Waals surface area contributed by atoms with E-state index >= 15 is 0 Å². The Bertz CT molecular complexity index is 615. The summed E-state index contributed by atoms with van der Waals surface area (Å²) in [6, 6.07) is 3.53. The molecule has 0 fully saturated rings. The average Bonchev–Trinajstić information content (AvgIpc) is 2.76. The van der Waals surface area contributed by atoms with E-state index in [0.29, 0.717) is 16.9 Å². The molecule has 1 N–H and O–H groups in total. The van der Waals surface area contributed by atoms with Crippen molar-refractivity contribution in [1.29, 1.82) is 0 Å². The van der Waals surface area contributed by atoms with E-state index in [2.05, 4.69) is 0 Å². The van der Waals surface area contributed by atoms with Gasteiger partial charge < -0.3 is 19.1 Å². The van der Waals surface area contributed by atoms with Gasteiger partial charge in [-0.1, -0.05) is 6.92 Å². The summed E-state index contributed by atoms with van der Waals surface area (Å²) in [6.45, 7) is 2.81. The van der Waals surface area contributed by atoms with Crippen molar-refractivity contribution in [3.05, 3.63) is 23.9 Å². The zero-order valence-electron chi connectivity index (χ0n) is 11.3. The van der Waals surface area contributed by atoms with E-state index < -0.39 is 5.97 Å². The Balaban J connectivity index is 2.74. The molecule has 0 bridgehead atoms. The van der Waals surface area contributed by atoms with Crippen molar-refractivity contribution < 1.29 is 19.4 Å². The Morgan fingerprint density at radius 1 is 1.26 bits per heavy atom. The lowest BCUT2D eigenvalue weighted by Gasteiger charge is -2.09. The van der Waals surface area contributed by atoms with E-state index in [0.717, 1.165) is 18.5 Å². The molecule has 0 saturated carbocycles. The fourth-order valence-corrected chi connectivity index (χ4v) is 2.21. The molecule has 1 heterocycles. The highest BCUT2D eigenvalue weighted by atomic mass is 16.5. The van der Waals surface area contributed by atoms with Crippen LogP contribution < -0.4 is 9.47 Å². The van der Waals surface area contributed by atoms with Gasteiger partial charge in [0, 0.05) is 24.2 Å². The lowest BCUT2D eigenvalue weighted by atomic mass is 10.1. The van der Waals surface area contributed by atoms with Gasteiger partial charge in [-0.25, -0.2) is 4.79 Å². The van der Waals surface area contributed by atoms with E-state index in [1.165, 1.54) is 7.11 Å². The van der Waals surface area contributed by atoms with E-state index in [-0.39, 0.29) is 5.56 Å². The van der Waals surface area contributed by atoms with Crippen molar-refractivity contribution in [2.24, 2.45) is 0 Å². The van der Waals surface area contributed by atoms with Crippen LogP contribution in [0.5, 0.6) is 11.5 Å². The van der Waals surface area contributed by atoms with E-state index in [1.54, 1.807) is 19.4 Å². The second-order valence-electron chi connectivity index (χ2n) is 4.27. The predicted molar refractivity (Wildman–Crippen MR) is 72.3 cm³/mol. The lowest BCUT2D eigenvalue weighted by Crippen LogP contribution is -1.96. The van der Waals surface area contributed by atoms with E-state index in [1.807, 2.05) is 17.6 Å². The van der Waals surface area contributed by atoms with Gasteiger partial charge in [0.2, 0.25) is 0 Å². The van der Waals surface area contributed by atoms with Crippen LogP contribution in [0.2, 0.25) is 0 Å². The topological polar surface area (TPSA) is 60.7 Å². The van der Waals surface area contributed by atoms with Crippen LogP contribution in [0.15, 0.2) is 18.3 Å². The van der Waals surface area contributed by atoms with Crippen LogP contribution in [0.3, 0.4) is 0 Å². The normalized spacial score (nSPS) is 10.7. The molecular weight excluding hydrogens is 246 g/mol. The van der Waals surface area contributed by atoms with Crippen LogP contribution in [0.4, 0.5) is 0 Å². The molecule has 1 aromatic carbocycles. The minimum Gasteiger partial charge on any atom is -0.493 e. The van der Waals surface area contributed by atoms with Crippen molar-refractivity contribution >= 4 is 16.9 Å². The highest BCUT2D eigenvalue weighted by Crippen LogP contribution is 2.34. The molecule has 2 aromatic rings. The van der Waals surface area contributed by atoms with Crippen molar-refractivity contribution in [3.63, 3.8) is 0 Å². The number of ether oxygens (including phenoxy) is 2. The number of hydrogen-bond acceptors (Lipinski definition) is 3. The smallest absolute Gasteiger partial charge is 0.337 e. The largest absolute Gasteiger partial charge is 0.493 e. The highest BCUT2D eigenvalue weighted by Gasteiger charge is 2.17. The molecule has 2 rings (SSSR count). The molecule has 1 aromatic heterocycles. The third-order valence-electron chi connectivity index (χ3n) is 3.08. The quantitative estimate of drug-likeness (QED) is 0.901. The molecule has 5 nitrogen and oxygen atoms in total. The first-order valence-electron chi connectivity index (χ1n) is 6.10. The van der Waals surface area contributed by atoms with Crippen LogP contribution in [0, 0.1) is 0 Å². The number of aromatic nitrogens is 1.